The predicted molar refractivity (Wildman–Crippen MR) is 129 cm³/mol. The maximum atomic E-state index is 12.6. The molecule has 162 valence electrons. The Balaban J connectivity index is 1.27. The number of thioether (sulfide) groups is 1. The Morgan fingerprint density at radius 1 is 1.03 bits per heavy atom. The van der Waals surface area contributed by atoms with Crippen LogP contribution in [-0.2, 0) is 4.79 Å². The number of nitrogens with zero attached hydrogens (tertiary/aromatic N) is 3. The second-order valence-electron chi connectivity index (χ2n) is 7.57. The summed E-state index contributed by atoms with van der Waals surface area (Å²) in [5.74, 6) is 0.446. The second kappa shape index (κ2) is 9.22. The van der Waals surface area contributed by atoms with E-state index in [1.807, 2.05) is 60.7 Å². The highest BCUT2D eigenvalue weighted by Crippen LogP contribution is 2.36. The number of hydrogen-bond donors (Lipinski definition) is 1. The lowest BCUT2D eigenvalue weighted by Crippen LogP contribution is -2.22. The Hall–Kier alpha value is -3.03. The minimum absolute atomic E-state index is 0.150. The molecule has 32 heavy (non-hydrogen) atoms. The van der Waals surface area contributed by atoms with Gasteiger partial charge in [0, 0.05) is 18.7 Å². The Morgan fingerprint density at radius 2 is 1.81 bits per heavy atom. The van der Waals surface area contributed by atoms with E-state index >= 15 is 0 Å². The SMILES string of the molecule is O=C(CSc1nnc(-c2cccc3ccccc23)o1)Nc1cccc(Cl)c1N1CCCC1. The molecule has 1 N–H and O–H groups in total. The molecular weight excluding hydrogens is 444 g/mol. The summed E-state index contributed by atoms with van der Waals surface area (Å²) in [7, 11) is 0. The van der Waals surface area contributed by atoms with Crippen molar-refractivity contribution in [1.29, 1.82) is 0 Å². The number of nitrogens with one attached hydrogen (secondary N) is 1. The number of anilines is 2. The van der Waals surface area contributed by atoms with Crippen LogP contribution >= 0.6 is 23.4 Å². The summed E-state index contributed by atoms with van der Waals surface area (Å²) in [6.07, 6.45) is 2.26. The number of halogens is 1. The van der Waals surface area contributed by atoms with Gasteiger partial charge in [-0.2, -0.15) is 0 Å². The van der Waals surface area contributed by atoms with Crippen molar-refractivity contribution in [2.75, 3.05) is 29.1 Å². The number of para-hydroxylation sites is 1. The fourth-order valence-electron chi connectivity index (χ4n) is 3.98. The van der Waals surface area contributed by atoms with Crippen LogP contribution in [0.5, 0.6) is 0 Å². The number of hydrogen-bond acceptors (Lipinski definition) is 6. The average molecular weight is 465 g/mol. The van der Waals surface area contributed by atoms with Crippen LogP contribution in [0.2, 0.25) is 5.02 Å². The molecule has 0 unspecified atom stereocenters. The van der Waals surface area contributed by atoms with E-state index in [-0.39, 0.29) is 11.7 Å². The monoisotopic (exact) mass is 464 g/mol. The molecule has 0 atom stereocenters. The highest BCUT2D eigenvalue weighted by molar-refractivity contribution is 7.99. The van der Waals surface area contributed by atoms with E-state index < -0.39 is 0 Å². The molecule has 0 radical (unpaired) electrons. The lowest BCUT2D eigenvalue weighted by atomic mass is 10.0. The maximum Gasteiger partial charge on any atom is 0.277 e. The van der Waals surface area contributed by atoms with Gasteiger partial charge >= 0.3 is 0 Å². The van der Waals surface area contributed by atoms with Crippen molar-refractivity contribution in [2.24, 2.45) is 0 Å². The van der Waals surface area contributed by atoms with Crippen molar-refractivity contribution < 1.29 is 9.21 Å². The molecule has 0 aliphatic carbocycles. The summed E-state index contributed by atoms with van der Waals surface area (Å²) in [4.78, 5) is 14.9. The van der Waals surface area contributed by atoms with Crippen LogP contribution in [0.4, 0.5) is 11.4 Å². The van der Waals surface area contributed by atoms with Gasteiger partial charge in [0.05, 0.1) is 22.2 Å². The van der Waals surface area contributed by atoms with E-state index in [9.17, 15) is 4.79 Å². The molecule has 0 saturated carbocycles. The van der Waals surface area contributed by atoms with E-state index in [0.29, 0.717) is 16.1 Å². The van der Waals surface area contributed by atoms with Gasteiger partial charge in [-0.3, -0.25) is 4.79 Å². The number of aromatic nitrogens is 2. The first-order chi connectivity index (χ1) is 15.7. The third-order valence-electron chi connectivity index (χ3n) is 5.44. The van der Waals surface area contributed by atoms with Crippen LogP contribution in [0.15, 0.2) is 70.3 Å². The Kier molecular flexibility index (Phi) is 6.01. The highest BCUT2D eigenvalue weighted by Gasteiger charge is 2.20. The van der Waals surface area contributed by atoms with Gasteiger partial charge < -0.3 is 14.6 Å². The average Bonchev–Trinajstić information content (AvgIpc) is 3.50. The molecule has 6 nitrogen and oxygen atoms in total. The van der Waals surface area contributed by atoms with Gasteiger partial charge in [-0.15, -0.1) is 10.2 Å². The maximum absolute atomic E-state index is 12.6. The summed E-state index contributed by atoms with van der Waals surface area (Å²) in [5.41, 5.74) is 2.49. The summed E-state index contributed by atoms with van der Waals surface area (Å²) >= 11 is 7.65. The van der Waals surface area contributed by atoms with Crippen LogP contribution < -0.4 is 10.2 Å². The van der Waals surface area contributed by atoms with Crippen molar-refractivity contribution in [3.05, 3.63) is 65.7 Å². The summed E-state index contributed by atoms with van der Waals surface area (Å²) < 4.78 is 5.83. The highest BCUT2D eigenvalue weighted by atomic mass is 35.5. The Morgan fingerprint density at radius 3 is 2.69 bits per heavy atom. The topological polar surface area (TPSA) is 71.3 Å². The zero-order chi connectivity index (χ0) is 21.9. The quantitative estimate of drug-likeness (QED) is 0.359. The van der Waals surface area contributed by atoms with Crippen LogP contribution in [0.3, 0.4) is 0 Å². The standard InChI is InChI=1S/C24H21ClN4O2S/c25-19-11-6-12-20(22(19)29-13-3-4-14-29)26-21(30)15-32-24-28-27-23(31-24)18-10-5-8-16-7-1-2-9-17(16)18/h1-2,5-12H,3-4,13-15H2,(H,26,30). The molecule has 1 aliphatic heterocycles. The first-order valence-corrected chi connectivity index (χ1v) is 11.8. The lowest BCUT2D eigenvalue weighted by Gasteiger charge is -2.22. The molecule has 2 heterocycles. The van der Waals surface area contributed by atoms with Crippen molar-refractivity contribution >= 4 is 51.4 Å². The fourth-order valence-corrected chi connectivity index (χ4v) is 4.84. The summed E-state index contributed by atoms with van der Waals surface area (Å²) in [6.45, 7) is 1.89. The zero-order valence-electron chi connectivity index (χ0n) is 17.3. The van der Waals surface area contributed by atoms with E-state index in [1.54, 1.807) is 0 Å². The predicted octanol–water partition coefficient (Wildman–Crippen LogP) is 5.87. The molecule has 0 spiro atoms. The smallest absolute Gasteiger partial charge is 0.277 e. The third-order valence-corrected chi connectivity index (χ3v) is 6.56. The number of carbonyl (C=O) groups is 1. The molecule has 3 aromatic carbocycles. The zero-order valence-corrected chi connectivity index (χ0v) is 18.8. The molecule has 1 saturated heterocycles. The van der Waals surface area contributed by atoms with Crippen LogP contribution in [-0.4, -0.2) is 34.9 Å². The van der Waals surface area contributed by atoms with Crippen LogP contribution in [0.1, 0.15) is 12.8 Å². The molecule has 4 aromatic rings. The molecule has 8 heteroatoms. The molecule has 1 aromatic heterocycles. The van der Waals surface area contributed by atoms with Crippen molar-refractivity contribution in [3.8, 4) is 11.5 Å². The summed E-state index contributed by atoms with van der Waals surface area (Å²) in [5, 5.41) is 14.4. The second-order valence-corrected chi connectivity index (χ2v) is 8.90. The Bertz CT molecular complexity index is 1260. The lowest BCUT2D eigenvalue weighted by molar-refractivity contribution is -0.113. The van der Waals surface area contributed by atoms with Crippen molar-refractivity contribution in [3.63, 3.8) is 0 Å². The molecule has 1 amide bonds. The van der Waals surface area contributed by atoms with E-state index in [4.69, 9.17) is 16.0 Å². The van der Waals surface area contributed by atoms with E-state index in [0.717, 1.165) is 53.6 Å². The van der Waals surface area contributed by atoms with Crippen LogP contribution in [0, 0.1) is 0 Å². The van der Waals surface area contributed by atoms with Gasteiger partial charge in [0.2, 0.25) is 11.8 Å². The van der Waals surface area contributed by atoms with Crippen LogP contribution in [0.25, 0.3) is 22.2 Å². The van der Waals surface area contributed by atoms with Gasteiger partial charge in [-0.1, -0.05) is 65.8 Å². The van der Waals surface area contributed by atoms with Gasteiger partial charge in [-0.05, 0) is 41.8 Å². The largest absolute Gasteiger partial charge is 0.411 e. The molecule has 0 bridgehead atoms. The molecular formula is C24H21ClN4O2S. The van der Waals surface area contributed by atoms with Gasteiger partial charge in [-0.25, -0.2) is 0 Å². The third kappa shape index (κ3) is 4.31. The number of benzene rings is 3. The van der Waals surface area contributed by atoms with Gasteiger partial charge in [0.15, 0.2) is 0 Å². The van der Waals surface area contributed by atoms with Crippen molar-refractivity contribution in [2.45, 2.75) is 18.1 Å². The van der Waals surface area contributed by atoms with E-state index in [1.165, 1.54) is 11.8 Å². The van der Waals surface area contributed by atoms with Gasteiger partial charge in [0.25, 0.3) is 5.22 Å². The normalized spacial score (nSPS) is 13.6. The van der Waals surface area contributed by atoms with Gasteiger partial charge in [0.1, 0.15) is 0 Å². The fraction of sp³-hybridized carbons (Fsp3) is 0.208. The molecule has 1 fully saturated rings. The number of rotatable bonds is 6. The molecule has 5 rings (SSSR count). The first kappa shape index (κ1) is 20.8. The van der Waals surface area contributed by atoms with Crippen molar-refractivity contribution in [1.82, 2.24) is 10.2 Å². The minimum atomic E-state index is -0.150. The molecule has 1 aliphatic rings. The summed E-state index contributed by atoms with van der Waals surface area (Å²) in [6, 6.07) is 19.6. The number of carbonyl (C=O) groups excluding carboxylic acids is 1. The number of fused-ring (bicyclic) bond motifs is 1. The first-order valence-electron chi connectivity index (χ1n) is 10.5. The number of amides is 1. The minimum Gasteiger partial charge on any atom is -0.411 e. The Labute approximate surface area is 195 Å². The van der Waals surface area contributed by atoms with E-state index in [2.05, 4.69) is 20.4 Å².